The molecule has 1 saturated heterocycles. The van der Waals surface area contributed by atoms with Gasteiger partial charge in [0.1, 0.15) is 7.85 Å². The van der Waals surface area contributed by atoms with E-state index in [9.17, 15) is 0 Å². The van der Waals surface area contributed by atoms with Gasteiger partial charge in [-0.05, 0) is 24.6 Å². The van der Waals surface area contributed by atoms with E-state index in [1.807, 2.05) is 19.2 Å². The average Bonchev–Trinajstić information content (AvgIpc) is 2.28. The quantitative estimate of drug-likeness (QED) is 0.334. The van der Waals surface area contributed by atoms with Crippen LogP contribution < -0.4 is 5.32 Å². The predicted molar refractivity (Wildman–Crippen MR) is 77.4 cm³/mol. The maximum Gasteiger partial charge on any atom is 0.113 e. The number of ether oxygens (including phenoxy) is 1. The SMILES string of the molecule is [B]C(=C)C=C=CC/C(NC)=C(\C)C1(C=C)COC1. The zero-order valence-corrected chi connectivity index (χ0v) is 11.3. The second kappa shape index (κ2) is 6.48. The van der Waals surface area contributed by atoms with E-state index < -0.39 is 0 Å². The Balaban J connectivity index is 2.84. The smallest absolute Gasteiger partial charge is 0.113 e. The molecule has 0 amide bonds. The van der Waals surface area contributed by atoms with Crippen LogP contribution in [-0.4, -0.2) is 28.1 Å². The zero-order valence-electron chi connectivity index (χ0n) is 11.3. The summed E-state index contributed by atoms with van der Waals surface area (Å²) in [5, 5.41) is 3.24. The van der Waals surface area contributed by atoms with Crippen molar-refractivity contribution in [2.75, 3.05) is 20.3 Å². The van der Waals surface area contributed by atoms with Crippen LogP contribution >= 0.6 is 0 Å². The molecule has 1 aliphatic rings. The Hall–Kier alpha value is -1.44. The van der Waals surface area contributed by atoms with Crippen molar-refractivity contribution in [3.05, 3.63) is 53.9 Å². The first-order valence-corrected chi connectivity index (χ1v) is 6.00. The standard InChI is InChI=1S/C15H20BNO/c1-5-15(10-18-11-15)13(3)14(17-4)9-7-6-8-12(2)16/h5,7-8,17H,1-2,9-11H2,3-4H3/b14-13-. The highest BCUT2D eigenvalue weighted by Gasteiger charge is 2.38. The van der Waals surface area contributed by atoms with Gasteiger partial charge in [0, 0.05) is 19.2 Å². The van der Waals surface area contributed by atoms with Crippen LogP contribution in [0.1, 0.15) is 13.3 Å². The average molecular weight is 241 g/mol. The first kappa shape index (κ1) is 14.6. The number of allylic oxidation sites excluding steroid dienone is 2. The molecule has 0 unspecified atom stereocenters. The monoisotopic (exact) mass is 241 g/mol. The van der Waals surface area contributed by atoms with E-state index in [4.69, 9.17) is 12.6 Å². The van der Waals surface area contributed by atoms with Crippen molar-refractivity contribution >= 4 is 7.85 Å². The van der Waals surface area contributed by atoms with E-state index in [2.05, 4.69) is 31.1 Å². The normalized spacial score (nSPS) is 17.7. The second-order valence-corrected chi connectivity index (χ2v) is 4.50. The summed E-state index contributed by atoms with van der Waals surface area (Å²) < 4.78 is 5.31. The van der Waals surface area contributed by atoms with Gasteiger partial charge in [0.25, 0.3) is 0 Å². The summed E-state index contributed by atoms with van der Waals surface area (Å²) in [7, 11) is 7.36. The first-order valence-electron chi connectivity index (χ1n) is 6.00. The van der Waals surface area contributed by atoms with Gasteiger partial charge in [-0.1, -0.05) is 11.5 Å². The Labute approximate surface area is 111 Å². The van der Waals surface area contributed by atoms with Crippen molar-refractivity contribution in [2.24, 2.45) is 5.41 Å². The third kappa shape index (κ3) is 3.28. The molecule has 0 aromatic carbocycles. The van der Waals surface area contributed by atoms with Crippen molar-refractivity contribution in [2.45, 2.75) is 13.3 Å². The van der Waals surface area contributed by atoms with Crippen molar-refractivity contribution in [3.63, 3.8) is 0 Å². The van der Waals surface area contributed by atoms with Gasteiger partial charge in [0.15, 0.2) is 0 Å². The Morgan fingerprint density at radius 3 is 2.61 bits per heavy atom. The van der Waals surface area contributed by atoms with Crippen LogP contribution in [0.4, 0.5) is 0 Å². The molecule has 1 aliphatic heterocycles. The van der Waals surface area contributed by atoms with Crippen LogP contribution in [0, 0.1) is 5.41 Å². The lowest BCUT2D eigenvalue weighted by atomic mass is 9.77. The molecular formula is C15H20BNO. The summed E-state index contributed by atoms with van der Waals surface area (Å²) in [6, 6.07) is 0. The lowest BCUT2D eigenvalue weighted by molar-refractivity contribution is -0.0605. The van der Waals surface area contributed by atoms with E-state index in [0.29, 0.717) is 18.7 Å². The van der Waals surface area contributed by atoms with E-state index in [1.165, 1.54) is 11.3 Å². The first-order chi connectivity index (χ1) is 8.55. The fourth-order valence-corrected chi connectivity index (χ4v) is 1.88. The lowest BCUT2D eigenvalue weighted by Gasteiger charge is -2.41. The molecule has 0 bridgehead atoms. The maximum absolute atomic E-state index is 5.43. The van der Waals surface area contributed by atoms with Gasteiger partial charge in [-0.15, -0.1) is 18.9 Å². The van der Waals surface area contributed by atoms with Crippen molar-refractivity contribution in [1.82, 2.24) is 5.32 Å². The molecule has 2 nitrogen and oxygen atoms in total. The largest absolute Gasteiger partial charge is 0.391 e. The minimum atomic E-state index is -0.00659. The Kier molecular flexibility index (Phi) is 5.27. The maximum atomic E-state index is 5.43. The molecule has 1 fully saturated rings. The highest BCUT2D eigenvalue weighted by atomic mass is 16.5. The molecule has 0 aromatic rings. The molecule has 1 rings (SSSR count). The van der Waals surface area contributed by atoms with E-state index in [-0.39, 0.29) is 5.41 Å². The van der Waals surface area contributed by atoms with Gasteiger partial charge in [-0.2, -0.15) is 0 Å². The minimum Gasteiger partial charge on any atom is -0.391 e. The van der Waals surface area contributed by atoms with Crippen LogP contribution in [0.5, 0.6) is 0 Å². The van der Waals surface area contributed by atoms with Gasteiger partial charge >= 0.3 is 0 Å². The summed E-state index contributed by atoms with van der Waals surface area (Å²) >= 11 is 0. The van der Waals surface area contributed by atoms with Gasteiger partial charge in [-0.25, -0.2) is 0 Å². The number of nitrogens with one attached hydrogen (secondary N) is 1. The zero-order chi connectivity index (χ0) is 13.6. The lowest BCUT2D eigenvalue weighted by Crippen LogP contribution is -2.42. The van der Waals surface area contributed by atoms with E-state index >= 15 is 0 Å². The predicted octanol–water partition coefficient (Wildman–Crippen LogP) is 2.47. The molecule has 1 N–H and O–H groups in total. The molecule has 2 radical (unpaired) electrons. The van der Waals surface area contributed by atoms with Crippen LogP contribution in [0.2, 0.25) is 0 Å². The van der Waals surface area contributed by atoms with E-state index in [1.54, 1.807) is 6.08 Å². The van der Waals surface area contributed by atoms with Crippen molar-refractivity contribution in [1.29, 1.82) is 0 Å². The molecule has 0 spiro atoms. The summed E-state index contributed by atoms with van der Waals surface area (Å²) in [5.41, 5.74) is 5.95. The number of rotatable bonds is 6. The molecular weight excluding hydrogens is 221 g/mol. The summed E-state index contributed by atoms with van der Waals surface area (Å²) in [6.45, 7) is 11.0. The van der Waals surface area contributed by atoms with Gasteiger partial charge in [0.05, 0.1) is 18.6 Å². The molecule has 1 heterocycles. The highest BCUT2D eigenvalue weighted by molar-refractivity contribution is 6.22. The van der Waals surface area contributed by atoms with Crippen molar-refractivity contribution in [3.8, 4) is 0 Å². The molecule has 18 heavy (non-hydrogen) atoms. The third-order valence-electron chi connectivity index (χ3n) is 3.30. The van der Waals surface area contributed by atoms with Crippen LogP contribution in [0.3, 0.4) is 0 Å². The van der Waals surface area contributed by atoms with Gasteiger partial charge < -0.3 is 10.1 Å². The second-order valence-electron chi connectivity index (χ2n) is 4.50. The fourth-order valence-electron chi connectivity index (χ4n) is 1.88. The van der Waals surface area contributed by atoms with E-state index in [0.717, 1.165) is 6.42 Å². The summed E-state index contributed by atoms with van der Waals surface area (Å²) in [4.78, 5) is 0. The molecule has 94 valence electrons. The van der Waals surface area contributed by atoms with Gasteiger partial charge in [0.2, 0.25) is 0 Å². The number of hydrogen-bond donors (Lipinski definition) is 1. The van der Waals surface area contributed by atoms with Gasteiger partial charge in [-0.3, -0.25) is 0 Å². The summed E-state index contributed by atoms with van der Waals surface area (Å²) in [6.07, 6.45) is 6.36. The summed E-state index contributed by atoms with van der Waals surface area (Å²) in [5.74, 6) is 0. The molecule has 3 heteroatoms. The highest BCUT2D eigenvalue weighted by Crippen LogP contribution is 2.38. The Morgan fingerprint density at radius 1 is 1.56 bits per heavy atom. The topological polar surface area (TPSA) is 21.3 Å². The Bertz CT molecular complexity index is 424. The third-order valence-corrected chi connectivity index (χ3v) is 3.30. The van der Waals surface area contributed by atoms with Crippen LogP contribution in [-0.2, 0) is 4.74 Å². The minimum absolute atomic E-state index is 0.00659. The van der Waals surface area contributed by atoms with Crippen LogP contribution in [0.15, 0.2) is 53.9 Å². The molecule has 0 aliphatic carbocycles. The molecule has 0 aromatic heterocycles. The number of hydrogen-bond acceptors (Lipinski definition) is 2. The molecule has 0 saturated carbocycles. The van der Waals surface area contributed by atoms with Crippen molar-refractivity contribution < 1.29 is 4.74 Å². The molecule has 0 atom stereocenters. The Morgan fingerprint density at radius 2 is 2.22 bits per heavy atom. The van der Waals surface area contributed by atoms with Crippen LogP contribution in [0.25, 0.3) is 0 Å². The fraction of sp³-hybridized carbons (Fsp3) is 0.400.